The fourth-order valence-corrected chi connectivity index (χ4v) is 3.59. The van der Waals surface area contributed by atoms with Crippen molar-refractivity contribution in [2.24, 2.45) is 0 Å². The first-order chi connectivity index (χ1) is 9.59. The number of ether oxygens (including phenoxy) is 2. The first-order valence-electron chi connectivity index (χ1n) is 6.93. The van der Waals surface area contributed by atoms with Crippen molar-refractivity contribution in [3.8, 4) is 5.75 Å². The molecule has 118 valence electrons. The third-order valence-electron chi connectivity index (χ3n) is 3.53. The monoisotopic (exact) mass is 332 g/mol. The summed E-state index contributed by atoms with van der Waals surface area (Å²) in [6, 6.07) is 3.39. The number of aryl methyl sites for hydroxylation is 1. The largest absolute Gasteiger partial charge is 0.488 e. The number of rotatable bonds is 3. The molecule has 0 N–H and O–H groups in total. The van der Waals surface area contributed by atoms with E-state index in [0.717, 1.165) is 12.0 Å². The van der Waals surface area contributed by atoms with Crippen LogP contribution >= 0.6 is 10.7 Å². The third-order valence-corrected chi connectivity index (χ3v) is 4.99. The number of hydrogen-bond donors (Lipinski definition) is 0. The van der Waals surface area contributed by atoms with Crippen molar-refractivity contribution in [1.82, 2.24) is 0 Å². The maximum Gasteiger partial charge on any atom is 0.261 e. The van der Waals surface area contributed by atoms with Gasteiger partial charge in [0.05, 0.1) is 18.1 Å². The molecule has 1 aromatic rings. The molecular weight excluding hydrogens is 312 g/mol. The van der Waals surface area contributed by atoms with Gasteiger partial charge in [0.25, 0.3) is 9.05 Å². The van der Waals surface area contributed by atoms with Crippen LogP contribution in [0.2, 0.25) is 0 Å². The van der Waals surface area contributed by atoms with E-state index < -0.39 is 9.05 Å². The van der Waals surface area contributed by atoms with E-state index in [9.17, 15) is 8.42 Å². The molecule has 0 radical (unpaired) electrons. The maximum absolute atomic E-state index is 11.7. The van der Waals surface area contributed by atoms with Crippen LogP contribution in [0.5, 0.6) is 5.75 Å². The Bertz CT molecular complexity index is 626. The summed E-state index contributed by atoms with van der Waals surface area (Å²) in [6.07, 6.45) is 0.863. The van der Waals surface area contributed by atoms with Gasteiger partial charge >= 0.3 is 0 Å². The zero-order valence-electron chi connectivity index (χ0n) is 12.8. The van der Waals surface area contributed by atoms with Crippen LogP contribution in [0.1, 0.15) is 38.3 Å². The van der Waals surface area contributed by atoms with Gasteiger partial charge in [-0.1, -0.05) is 20.8 Å². The predicted octanol–water partition coefficient (Wildman–Crippen LogP) is 3.39. The van der Waals surface area contributed by atoms with Gasteiger partial charge < -0.3 is 9.47 Å². The van der Waals surface area contributed by atoms with Crippen molar-refractivity contribution in [3.63, 3.8) is 0 Å². The van der Waals surface area contributed by atoms with Crippen molar-refractivity contribution < 1.29 is 17.9 Å². The summed E-state index contributed by atoms with van der Waals surface area (Å²) in [7, 11) is 1.75. The Labute approximate surface area is 130 Å². The Kier molecular flexibility index (Phi) is 4.57. The van der Waals surface area contributed by atoms with Crippen LogP contribution in [0, 0.1) is 6.92 Å². The minimum atomic E-state index is -3.77. The number of hydrogen-bond acceptors (Lipinski definition) is 4. The molecule has 1 aliphatic heterocycles. The van der Waals surface area contributed by atoms with Crippen molar-refractivity contribution in [2.45, 2.75) is 50.5 Å². The van der Waals surface area contributed by atoms with Gasteiger partial charge in [-0.2, -0.15) is 0 Å². The molecule has 0 amide bonds. The molecule has 1 atom stereocenters. The molecule has 0 spiro atoms. The lowest BCUT2D eigenvalue weighted by molar-refractivity contribution is 0.139. The molecule has 1 saturated heterocycles. The Balaban J connectivity index is 2.50. The average Bonchev–Trinajstić information content (AvgIpc) is 2.78. The lowest BCUT2D eigenvalue weighted by Crippen LogP contribution is -2.21. The van der Waals surface area contributed by atoms with Gasteiger partial charge in [0.2, 0.25) is 0 Å². The molecule has 0 bridgehead atoms. The second kappa shape index (κ2) is 5.78. The molecule has 4 nitrogen and oxygen atoms in total. The van der Waals surface area contributed by atoms with Crippen molar-refractivity contribution in [1.29, 1.82) is 0 Å². The highest BCUT2D eigenvalue weighted by Gasteiger charge is 2.27. The molecule has 0 saturated carbocycles. The zero-order valence-corrected chi connectivity index (χ0v) is 14.3. The van der Waals surface area contributed by atoms with E-state index in [1.165, 1.54) is 0 Å². The van der Waals surface area contributed by atoms with Gasteiger partial charge in [-0.05, 0) is 30.0 Å². The van der Waals surface area contributed by atoms with E-state index in [2.05, 4.69) is 0 Å². The van der Waals surface area contributed by atoms with Gasteiger partial charge in [-0.25, -0.2) is 8.42 Å². The third kappa shape index (κ3) is 3.90. The average molecular weight is 333 g/mol. The first-order valence-corrected chi connectivity index (χ1v) is 9.24. The molecule has 21 heavy (non-hydrogen) atoms. The Morgan fingerprint density at radius 2 is 2.00 bits per heavy atom. The summed E-state index contributed by atoms with van der Waals surface area (Å²) in [5.74, 6) is 0.708. The molecule has 1 unspecified atom stereocenters. The Hall–Kier alpha value is -0.780. The lowest BCUT2D eigenvalue weighted by atomic mass is 9.86. The van der Waals surface area contributed by atoms with Crippen LogP contribution in [-0.4, -0.2) is 27.7 Å². The van der Waals surface area contributed by atoms with E-state index in [4.69, 9.17) is 20.2 Å². The van der Waals surface area contributed by atoms with Crippen molar-refractivity contribution >= 4 is 19.7 Å². The topological polar surface area (TPSA) is 52.6 Å². The van der Waals surface area contributed by atoms with Crippen LogP contribution in [0.4, 0.5) is 0 Å². The highest BCUT2D eigenvalue weighted by molar-refractivity contribution is 8.13. The second-order valence-corrected chi connectivity index (χ2v) is 8.94. The van der Waals surface area contributed by atoms with E-state index in [-0.39, 0.29) is 16.4 Å². The van der Waals surface area contributed by atoms with E-state index >= 15 is 0 Å². The minimum absolute atomic E-state index is 0.0176. The van der Waals surface area contributed by atoms with E-state index in [0.29, 0.717) is 24.5 Å². The summed E-state index contributed by atoms with van der Waals surface area (Å²) in [5.41, 5.74) is 1.17. The highest BCUT2D eigenvalue weighted by Crippen LogP contribution is 2.37. The summed E-state index contributed by atoms with van der Waals surface area (Å²) in [5, 5.41) is 0. The molecule has 1 heterocycles. The summed E-state index contributed by atoms with van der Waals surface area (Å²) < 4.78 is 34.7. The van der Waals surface area contributed by atoms with Gasteiger partial charge in [-0.3, -0.25) is 0 Å². The number of benzene rings is 1. The van der Waals surface area contributed by atoms with Crippen molar-refractivity contribution in [3.05, 3.63) is 23.3 Å². The summed E-state index contributed by atoms with van der Waals surface area (Å²) in [6.45, 7) is 9.03. The highest BCUT2D eigenvalue weighted by atomic mass is 35.7. The molecule has 1 aromatic carbocycles. The van der Waals surface area contributed by atoms with Gasteiger partial charge in [0.15, 0.2) is 0 Å². The molecule has 6 heteroatoms. The van der Waals surface area contributed by atoms with Crippen LogP contribution in [0.25, 0.3) is 0 Å². The lowest BCUT2D eigenvalue weighted by Gasteiger charge is -2.25. The second-order valence-electron chi connectivity index (χ2n) is 6.41. The van der Waals surface area contributed by atoms with Gasteiger partial charge in [0.1, 0.15) is 11.9 Å². The van der Waals surface area contributed by atoms with Crippen LogP contribution in [0.3, 0.4) is 0 Å². The maximum atomic E-state index is 11.7. The normalized spacial score (nSPS) is 19.8. The first kappa shape index (κ1) is 16.6. The standard InChI is InChI=1S/C15H21ClO4S/c1-10-7-13(20-11-5-6-19-9-11)12(15(2,3)4)8-14(10)21(16,17)18/h7-8,11H,5-6,9H2,1-4H3. The molecular formula is C15H21ClO4S. The predicted molar refractivity (Wildman–Crippen MR) is 82.8 cm³/mol. The SMILES string of the molecule is Cc1cc(OC2CCOC2)c(C(C)(C)C)cc1S(=O)(=O)Cl. The molecule has 2 rings (SSSR count). The van der Waals surface area contributed by atoms with Crippen LogP contribution < -0.4 is 4.74 Å². The quantitative estimate of drug-likeness (QED) is 0.796. The zero-order chi connectivity index (χ0) is 15.8. The van der Waals surface area contributed by atoms with Gasteiger partial charge in [0, 0.05) is 22.7 Å². The fourth-order valence-electron chi connectivity index (χ4n) is 2.39. The summed E-state index contributed by atoms with van der Waals surface area (Å²) in [4.78, 5) is 0.143. The molecule has 1 fully saturated rings. The molecule has 1 aliphatic rings. The fraction of sp³-hybridized carbons (Fsp3) is 0.600. The molecule has 0 aliphatic carbocycles. The number of halogens is 1. The van der Waals surface area contributed by atoms with Crippen LogP contribution in [-0.2, 0) is 19.2 Å². The van der Waals surface area contributed by atoms with Crippen molar-refractivity contribution in [2.75, 3.05) is 13.2 Å². The smallest absolute Gasteiger partial charge is 0.261 e. The van der Waals surface area contributed by atoms with Crippen LogP contribution in [0.15, 0.2) is 17.0 Å². The minimum Gasteiger partial charge on any atom is -0.488 e. The van der Waals surface area contributed by atoms with E-state index in [1.54, 1.807) is 19.1 Å². The van der Waals surface area contributed by atoms with E-state index in [1.807, 2.05) is 20.8 Å². The summed E-state index contributed by atoms with van der Waals surface area (Å²) >= 11 is 0. The Morgan fingerprint density at radius 3 is 2.48 bits per heavy atom. The molecule has 0 aromatic heterocycles. The van der Waals surface area contributed by atoms with Gasteiger partial charge in [-0.15, -0.1) is 0 Å². The Morgan fingerprint density at radius 1 is 1.33 bits per heavy atom.